The Balaban J connectivity index is 1.17. The second-order valence-corrected chi connectivity index (χ2v) is 11.6. The van der Waals surface area contributed by atoms with Crippen molar-refractivity contribution in [2.24, 2.45) is 0 Å². The molecule has 1 atom stereocenters. The van der Waals surface area contributed by atoms with E-state index in [-0.39, 0.29) is 18.4 Å². The van der Waals surface area contributed by atoms with Gasteiger partial charge in [-0.2, -0.15) is 0 Å². The summed E-state index contributed by atoms with van der Waals surface area (Å²) in [6, 6.07) is 16.1. The summed E-state index contributed by atoms with van der Waals surface area (Å²) in [7, 11) is 3.95. The molecule has 0 radical (unpaired) electrons. The number of amides is 2. The summed E-state index contributed by atoms with van der Waals surface area (Å²) in [6.07, 6.45) is 1.09. The van der Waals surface area contributed by atoms with Gasteiger partial charge < -0.3 is 20.2 Å². The number of rotatable bonds is 7. The fourth-order valence-corrected chi connectivity index (χ4v) is 6.58. The third-order valence-electron chi connectivity index (χ3n) is 7.61. The Morgan fingerprint density at radius 1 is 1.03 bits per heavy atom. The van der Waals surface area contributed by atoms with Gasteiger partial charge in [0.2, 0.25) is 0 Å². The highest BCUT2D eigenvalue weighted by Gasteiger charge is 2.28. The maximum atomic E-state index is 13.2. The molecule has 2 N–H and O–H groups in total. The molecule has 0 saturated heterocycles. The maximum absolute atomic E-state index is 13.2. The normalized spacial score (nSPS) is 15.9. The average molecular weight is 533 g/mol. The molecule has 200 valence electrons. The number of hydrogen-bond acceptors (Lipinski definition) is 6. The van der Waals surface area contributed by atoms with E-state index >= 15 is 0 Å². The zero-order chi connectivity index (χ0) is 26.8. The number of carbonyl (C=O) groups is 2. The molecule has 1 unspecified atom stereocenters. The molecule has 3 aromatic rings. The summed E-state index contributed by atoms with van der Waals surface area (Å²) in [5.74, 6) is -0.136. The highest BCUT2D eigenvalue weighted by molar-refractivity contribution is 7.14. The van der Waals surface area contributed by atoms with Gasteiger partial charge in [-0.05, 0) is 66.3 Å². The fraction of sp³-hybridized carbons (Fsp3) is 0.400. The number of aliphatic hydroxyl groups is 1. The van der Waals surface area contributed by atoms with Crippen molar-refractivity contribution in [3.8, 4) is 0 Å². The van der Waals surface area contributed by atoms with Gasteiger partial charge in [-0.15, -0.1) is 11.3 Å². The molecule has 8 heteroatoms. The summed E-state index contributed by atoms with van der Waals surface area (Å²) < 4.78 is 0. The molecular formula is C30H36N4O3S. The lowest BCUT2D eigenvalue weighted by atomic mass is 10.00. The first-order valence-electron chi connectivity index (χ1n) is 13.2. The van der Waals surface area contributed by atoms with Crippen molar-refractivity contribution in [3.05, 3.63) is 86.1 Å². The first-order valence-corrected chi connectivity index (χ1v) is 14.0. The second kappa shape index (κ2) is 11.3. The Hall–Kier alpha value is -3.20. The van der Waals surface area contributed by atoms with Gasteiger partial charge in [0.05, 0.1) is 11.0 Å². The van der Waals surface area contributed by atoms with Crippen molar-refractivity contribution in [2.75, 3.05) is 45.2 Å². The van der Waals surface area contributed by atoms with E-state index < -0.39 is 6.10 Å². The third-order valence-corrected chi connectivity index (χ3v) is 9.01. The van der Waals surface area contributed by atoms with E-state index in [2.05, 4.69) is 34.5 Å². The third kappa shape index (κ3) is 5.62. The first-order chi connectivity index (χ1) is 18.3. The van der Waals surface area contributed by atoms with Gasteiger partial charge in [-0.1, -0.05) is 24.3 Å². The Kier molecular flexibility index (Phi) is 7.83. The Labute approximate surface area is 228 Å². The van der Waals surface area contributed by atoms with Crippen LogP contribution in [0, 0.1) is 6.92 Å². The minimum absolute atomic E-state index is 0.0148. The number of anilines is 1. The van der Waals surface area contributed by atoms with Crippen LogP contribution in [-0.2, 0) is 25.9 Å². The number of nitrogens with one attached hydrogen (secondary N) is 1. The highest BCUT2D eigenvalue weighted by Crippen LogP contribution is 2.33. The van der Waals surface area contributed by atoms with E-state index in [1.165, 1.54) is 27.3 Å². The molecule has 3 heterocycles. The van der Waals surface area contributed by atoms with Crippen LogP contribution in [0.5, 0.6) is 0 Å². The molecule has 2 aliphatic rings. The van der Waals surface area contributed by atoms with Gasteiger partial charge in [0.15, 0.2) is 0 Å². The van der Waals surface area contributed by atoms with Crippen molar-refractivity contribution in [2.45, 2.75) is 39.0 Å². The van der Waals surface area contributed by atoms with E-state index in [1.54, 1.807) is 0 Å². The fourth-order valence-electron chi connectivity index (χ4n) is 5.36. The summed E-state index contributed by atoms with van der Waals surface area (Å²) >= 11 is 1.52. The molecule has 38 heavy (non-hydrogen) atoms. The van der Waals surface area contributed by atoms with Gasteiger partial charge in [-0.25, -0.2) is 0 Å². The lowest BCUT2D eigenvalue weighted by molar-refractivity contribution is 0.0735. The number of β-amino-alcohol motifs (C(OH)–C–C–N with tert-alkyl or cyclic N) is 1. The van der Waals surface area contributed by atoms with E-state index in [9.17, 15) is 14.7 Å². The van der Waals surface area contributed by atoms with Crippen LogP contribution in [0.1, 0.15) is 47.2 Å². The predicted octanol–water partition coefficient (Wildman–Crippen LogP) is 3.47. The van der Waals surface area contributed by atoms with Crippen LogP contribution in [0.3, 0.4) is 0 Å². The second-order valence-electron chi connectivity index (χ2n) is 10.5. The van der Waals surface area contributed by atoms with Crippen LogP contribution < -0.4 is 10.2 Å². The van der Waals surface area contributed by atoms with Gasteiger partial charge in [0, 0.05) is 69.5 Å². The van der Waals surface area contributed by atoms with Gasteiger partial charge in [-0.3, -0.25) is 14.5 Å². The molecule has 7 nitrogen and oxygen atoms in total. The molecule has 5 rings (SSSR count). The molecule has 0 spiro atoms. The van der Waals surface area contributed by atoms with Gasteiger partial charge in [0.25, 0.3) is 11.8 Å². The summed E-state index contributed by atoms with van der Waals surface area (Å²) in [4.78, 5) is 34.2. The number of nitrogens with zero attached hydrogens (tertiary/aromatic N) is 3. The lowest BCUT2D eigenvalue weighted by Gasteiger charge is -2.30. The Bertz CT molecular complexity index is 1320. The predicted molar refractivity (Wildman–Crippen MR) is 152 cm³/mol. The molecule has 0 saturated carbocycles. The summed E-state index contributed by atoms with van der Waals surface area (Å²) in [6.45, 7) is 5.60. The van der Waals surface area contributed by atoms with Crippen LogP contribution in [0.15, 0.2) is 48.5 Å². The minimum Gasteiger partial charge on any atom is -0.390 e. The quantitative estimate of drug-likeness (QED) is 0.488. The monoisotopic (exact) mass is 532 g/mol. The Morgan fingerprint density at radius 3 is 2.50 bits per heavy atom. The molecule has 0 bridgehead atoms. The first kappa shape index (κ1) is 26.4. The molecule has 0 fully saturated rings. The summed E-state index contributed by atoms with van der Waals surface area (Å²) in [5, 5.41) is 13.6. The van der Waals surface area contributed by atoms with Crippen LogP contribution in [0.2, 0.25) is 0 Å². The topological polar surface area (TPSA) is 76.1 Å². The van der Waals surface area contributed by atoms with Crippen LogP contribution >= 0.6 is 11.3 Å². The van der Waals surface area contributed by atoms with Crippen LogP contribution in [0.25, 0.3) is 0 Å². The molecule has 2 aliphatic heterocycles. The number of aliphatic hydroxyl groups excluding tert-OH is 1. The van der Waals surface area contributed by atoms with E-state index in [0.717, 1.165) is 42.7 Å². The van der Waals surface area contributed by atoms with Crippen molar-refractivity contribution in [1.82, 2.24) is 15.1 Å². The molecule has 0 aliphatic carbocycles. The number of benzene rings is 2. The number of hydrogen-bond donors (Lipinski definition) is 2. The van der Waals surface area contributed by atoms with Crippen molar-refractivity contribution in [1.29, 1.82) is 0 Å². The SMILES string of the molecule is Cc1c(C(=O)NCC(O)CN2CCc3ccccc3C2)sc2c1CN(C(=O)c1ccc(N(C)C)cc1)CC2. The van der Waals surface area contributed by atoms with Gasteiger partial charge >= 0.3 is 0 Å². The van der Waals surface area contributed by atoms with E-state index in [0.29, 0.717) is 30.1 Å². The van der Waals surface area contributed by atoms with E-state index in [1.807, 2.05) is 55.1 Å². The standard InChI is InChI=1S/C30H36N4O3S/c1-20-26-19-34(30(37)22-8-10-24(11-9-22)32(2)3)15-13-27(26)38-28(20)29(36)31-16-25(35)18-33-14-12-21-6-4-5-7-23(21)17-33/h4-11,25,35H,12-19H2,1-3H3,(H,31,36). The molecule has 1 aromatic heterocycles. The molecule has 2 aromatic carbocycles. The van der Waals surface area contributed by atoms with Crippen molar-refractivity contribution < 1.29 is 14.7 Å². The lowest BCUT2D eigenvalue weighted by Crippen LogP contribution is -2.42. The van der Waals surface area contributed by atoms with Crippen LogP contribution in [0.4, 0.5) is 5.69 Å². The molecule has 2 amide bonds. The number of thiophene rings is 1. The maximum Gasteiger partial charge on any atom is 0.261 e. The van der Waals surface area contributed by atoms with E-state index in [4.69, 9.17) is 0 Å². The Morgan fingerprint density at radius 2 is 1.76 bits per heavy atom. The number of fused-ring (bicyclic) bond motifs is 2. The van der Waals surface area contributed by atoms with Crippen molar-refractivity contribution in [3.63, 3.8) is 0 Å². The van der Waals surface area contributed by atoms with Gasteiger partial charge in [0.1, 0.15) is 0 Å². The van der Waals surface area contributed by atoms with Crippen LogP contribution in [-0.4, -0.2) is 73.1 Å². The summed E-state index contributed by atoms with van der Waals surface area (Å²) in [5.41, 5.74) is 6.44. The zero-order valence-electron chi connectivity index (χ0n) is 22.4. The largest absolute Gasteiger partial charge is 0.390 e. The average Bonchev–Trinajstić information content (AvgIpc) is 3.27. The number of carbonyl (C=O) groups excluding carboxylic acids is 2. The zero-order valence-corrected chi connectivity index (χ0v) is 23.2. The smallest absolute Gasteiger partial charge is 0.261 e. The highest BCUT2D eigenvalue weighted by atomic mass is 32.1. The van der Waals surface area contributed by atoms with Crippen molar-refractivity contribution >= 4 is 28.8 Å². The minimum atomic E-state index is -0.633. The molecular weight excluding hydrogens is 496 g/mol.